The molecule has 1 N–H and O–H groups in total. The van der Waals surface area contributed by atoms with Crippen LogP contribution in [0.15, 0.2) is 12.2 Å². The highest BCUT2D eigenvalue weighted by molar-refractivity contribution is 5.67. The van der Waals surface area contributed by atoms with Gasteiger partial charge in [-0.15, -0.1) is 0 Å². The number of hydrogen-bond acceptors (Lipinski definition) is 1. The summed E-state index contributed by atoms with van der Waals surface area (Å²) >= 11 is 0. The summed E-state index contributed by atoms with van der Waals surface area (Å²) in [6, 6.07) is 0. The molecule has 0 bridgehead atoms. The number of rotatable bonds is 12. The molecule has 0 radical (unpaired) electrons. The van der Waals surface area contributed by atoms with Crippen LogP contribution in [0.1, 0.15) is 78.1 Å². The van der Waals surface area contributed by atoms with Crippen molar-refractivity contribution in [3.8, 4) is 0 Å². The van der Waals surface area contributed by atoms with Crippen molar-refractivity contribution in [1.82, 2.24) is 0 Å². The van der Waals surface area contributed by atoms with E-state index in [1.165, 1.54) is 38.5 Å². The molecule has 0 saturated heterocycles. The largest absolute Gasteiger partial charge is 0.481 e. The van der Waals surface area contributed by atoms with Crippen LogP contribution >= 0.6 is 0 Å². The van der Waals surface area contributed by atoms with E-state index in [9.17, 15) is 4.79 Å². The molecule has 0 aromatic rings. The molecule has 18 heavy (non-hydrogen) atoms. The summed E-state index contributed by atoms with van der Waals surface area (Å²) in [6.45, 7) is 4.39. The third-order valence-corrected chi connectivity index (χ3v) is 3.25. The van der Waals surface area contributed by atoms with Crippen molar-refractivity contribution in [1.29, 1.82) is 0 Å². The van der Waals surface area contributed by atoms with Gasteiger partial charge in [0.1, 0.15) is 0 Å². The van der Waals surface area contributed by atoms with Gasteiger partial charge in [-0.25, -0.2) is 0 Å². The number of unbranched alkanes of at least 4 members (excludes halogenated alkanes) is 6. The number of carboxylic acid groups (broad SMARTS) is 1. The van der Waals surface area contributed by atoms with E-state index in [2.05, 4.69) is 26.0 Å². The van der Waals surface area contributed by atoms with E-state index in [0.29, 0.717) is 0 Å². The highest BCUT2D eigenvalue weighted by Crippen LogP contribution is 2.17. The molecule has 1 unspecified atom stereocenters. The summed E-state index contributed by atoms with van der Waals surface area (Å²) in [5.41, 5.74) is 0. The van der Waals surface area contributed by atoms with Gasteiger partial charge in [0, 0.05) is 0 Å². The van der Waals surface area contributed by atoms with Gasteiger partial charge < -0.3 is 5.11 Å². The molecule has 0 rings (SSSR count). The predicted molar refractivity (Wildman–Crippen MR) is 77.8 cm³/mol. The van der Waals surface area contributed by atoms with Gasteiger partial charge in [0.05, 0.1) is 6.42 Å². The molecule has 0 aliphatic heterocycles. The van der Waals surface area contributed by atoms with Gasteiger partial charge in [-0.1, -0.05) is 70.9 Å². The maximum absolute atomic E-state index is 10.8. The second kappa shape index (κ2) is 12.7. The second-order valence-electron chi connectivity index (χ2n) is 5.13. The van der Waals surface area contributed by atoms with E-state index in [-0.39, 0.29) is 12.3 Å². The fourth-order valence-electron chi connectivity index (χ4n) is 2.11. The minimum atomic E-state index is -0.673. The van der Waals surface area contributed by atoms with Crippen molar-refractivity contribution in [2.24, 2.45) is 5.92 Å². The Morgan fingerprint density at radius 2 is 1.72 bits per heavy atom. The lowest BCUT2D eigenvalue weighted by molar-refractivity contribution is -0.137. The summed E-state index contributed by atoms with van der Waals surface area (Å²) in [6.07, 6.45) is 15.4. The lowest BCUT2D eigenvalue weighted by Gasteiger charge is -2.10. The zero-order chi connectivity index (χ0) is 13.6. The molecule has 106 valence electrons. The van der Waals surface area contributed by atoms with Crippen LogP contribution in [0.5, 0.6) is 0 Å². The van der Waals surface area contributed by atoms with Gasteiger partial charge in [0.15, 0.2) is 0 Å². The molecular formula is C16H30O2. The Labute approximate surface area is 112 Å². The first kappa shape index (κ1) is 17.2. The first-order valence-corrected chi connectivity index (χ1v) is 7.59. The first-order chi connectivity index (χ1) is 8.70. The maximum Gasteiger partial charge on any atom is 0.303 e. The molecule has 2 heteroatoms. The monoisotopic (exact) mass is 254 g/mol. The van der Waals surface area contributed by atoms with Crippen LogP contribution in [0.25, 0.3) is 0 Å². The number of carbonyl (C=O) groups is 1. The van der Waals surface area contributed by atoms with Crippen LogP contribution in [-0.2, 0) is 4.79 Å². The average Bonchev–Trinajstić information content (AvgIpc) is 2.33. The Hall–Kier alpha value is -0.790. The SMILES string of the molecule is CCCCC=CC(CCCCCCC)CC(=O)O. The van der Waals surface area contributed by atoms with Gasteiger partial charge in [-0.3, -0.25) is 4.79 Å². The van der Waals surface area contributed by atoms with Gasteiger partial charge in [0.25, 0.3) is 0 Å². The molecule has 0 aromatic heterocycles. The lowest BCUT2D eigenvalue weighted by atomic mass is 9.96. The smallest absolute Gasteiger partial charge is 0.303 e. The fraction of sp³-hybridized carbons (Fsp3) is 0.812. The average molecular weight is 254 g/mol. The van der Waals surface area contributed by atoms with E-state index in [1.54, 1.807) is 0 Å². The van der Waals surface area contributed by atoms with Crippen LogP contribution in [0.4, 0.5) is 0 Å². The topological polar surface area (TPSA) is 37.3 Å². The maximum atomic E-state index is 10.8. The minimum Gasteiger partial charge on any atom is -0.481 e. The first-order valence-electron chi connectivity index (χ1n) is 7.59. The number of carboxylic acids is 1. The molecule has 0 fully saturated rings. The third kappa shape index (κ3) is 11.7. The fourth-order valence-corrected chi connectivity index (χ4v) is 2.11. The normalized spacial score (nSPS) is 13.0. The number of aliphatic carboxylic acids is 1. The summed E-state index contributed by atoms with van der Waals surface area (Å²) < 4.78 is 0. The highest BCUT2D eigenvalue weighted by Gasteiger charge is 2.09. The molecule has 1 atom stereocenters. The zero-order valence-corrected chi connectivity index (χ0v) is 12.2. The van der Waals surface area contributed by atoms with Crippen LogP contribution in [0, 0.1) is 5.92 Å². The highest BCUT2D eigenvalue weighted by atomic mass is 16.4. The molecule has 0 amide bonds. The van der Waals surface area contributed by atoms with E-state index in [1.807, 2.05) is 0 Å². The van der Waals surface area contributed by atoms with Gasteiger partial charge >= 0.3 is 5.97 Å². The lowest BCUT2D eigenvalue weighted by Crippen LogP contribution is -2.05. The van der Waals surface area contributed by atoms with E-state index >= 15 is 0 Å². The molecule has 0 aromatic carbocycles. The Kier molecular flexibility index (Phi) is 12.1. The number of allylic oxidation sites excluding steroid dienone is 2. The van der Waals surface area contributed by atoms with Crippen molar-refractivity contribution < 1.29 is 9.90 Å². The quantitative estimate of drug-likeness (QED) is 0.384. The van der Waals surface area contributed by atoms with E-state index < -0.39 is 5.97 Å². The van der Waals surface area contributed by atoms with Crippen LogP contribution < -0.4 is 0 Å². The van der Waals surface area contributed by atoms with E-state index in [0.717, 1.165) is 19.3 Å². The summed E-state index contributed by atoms with van der Waals surface area (Å²) in [4.78, 5) is 10.8. The molecule has 0 aliphatic rings. The van der Waals surface area contributed by atoms with Gasteiger partial charge in [-0.2, -0.15) is 0 Å². The van der Waals surface area contributed by atoms with Crippen LogP contribution in [-0.4, -0.2) is 11.1 Å². The van der Waals surface area contributed by atoms with E-state index in [4.69, 9.17) is 5.11 Å². The Balaban J connectivity index is 3.83. The number of hydrogen-bond donors (Lipinski definition) is 1. The molecule has 0 saturated carbocycles. The molecular weight excluding hydrogens is 224 g/mol. The van der Waals surface area contributed by atoms with Gasteiger partial charge in [-0.05, 0) is 18.8 Å². The Morgan fingerprint density at radius 1 is 1.06 bits per heavy atom. The third-order valence-electron chi connectivity index (χ3n) is 3.25. The minimum absolute atomic E-state index is 0.237. The molecule has 0 spiro atoms. The standard InChI is InChI=1S/C16H30O2/c1-3-5-7-9-11-13-15(14-16(17)18)12-10-8-6-4-2/h10,12,15H,3-9,11,13-14H2,1-2H3,(H,17,18). The molecule has 2 nitrogen and oxygen atoms in total. The Morgan fingerprint density at radius 3 is 2.33 bits per heavy atom. The summed E-state index contributed by atoms with van der Waals surface area (Å²) in [7, 11) is 0. The zero-order valence-electron chi connectivity index (χ0n) is 12.2. The van der Waals surface area contributed by atoms with Crippen LogP contribution in [0.2, 0.25) is 0 Å². The second-order valence-corrected chi connectivity index (χ2v) is 5.13. The summed E-state index contributed by atoms with van der Waals surface area (Å²) in [5, 5.41) is 8.89. The van der Waals surface area contributed by atoms with Gasteiger partial charge in [0.2, 0.25) is 0 Å². The Bertz CT molecular complexity index is 221. The van der Waals surface area contributed by atoms with Crippen molar-refractivity contribution in [3.63, 3.8) is 0 Å². The van der Waals surface area contributed by atoms with Crippen molar-refractivity contribution >= 4 is 5.97 Å². The van der Waals surface area contributed by atoms with Crippen molar-refractivity contribution in [3.05, 3.63) is 12.2 Å². The van der Waals surface area contributed by atoms with Crippen molar-refractivity contribution in [2.75, 3.05) is 0 Å². The molecule has 0 heterocycles. The van der Waals surface area contributed by atoms with Crippen molar-refractivity contribution in [2.45, 2.75) is 78.1 Å². The summed E-state index contributed by atoms with van der Waals surface area (Å²) in [5.74, 6) is -0.435. The molecule has 0 aliphatic carbocycles. The predicted octanol–water partition coefficient (Wildman–Crippen LogP) is 5.18. The van der Waals surface area contributed by atoms with Crippen LogP contribution in [0.3, 0.4) is 0 Å².